The van der Waals surface area contributed by atoms with Crippen molar-refractivity contribution in [3.8, 4) is 11.8 Å². The summed E-state index contributed by atoms with van der Waals surface area (Å²) in [6, 6.07) is -0.440. The Morgan fingerprint density at radius 1 is 1.28 bits per heavy atom. The minimum atomic E-state index is -0.440. The maximum absolute atomic E-state index is 11.3. The number of ether oxygens (including phenoxy) is 3. The summed E-state index contributed by atoms with van der Waals surface area (Å²) >= 11 is 0. The Kier molecular flexibility index (Phi) is 5.31. The molecule has 100 valence electrons. The van der Waals surface area contributed by atoms with Crippen LogP contribution in [0.25, 0.3) is 0 Å². The number of hydrogen-bond acceptors (Lipinski definition) is 7. The van der Waals surface area contributed by atoms with Crippen molar-refractivity contribution in [2.45, 2.75) is 19.5 Å². The molecule has 0 amide bonds. The quantitative estimate of drug-likeness (QED) is 0.724. The van der Waals surface area contributed by atoms with Gasteiger partial charge in [-0.2, -0.15) is 0 Å². The zero-order chi connectivity index (χ0) is 13.5. The Hall–Kier alpha value is -1.89. The molecule has 0 aliphatic rings. The predicted molar refractivity (Wildman–Crippen MR) is 63.5 cm³/mol. The van der Waals surface area contributed by atoms with Gasteiger partial charge in [-0.1, -0.05) is 0 Å². The van der Waals surface area contributed by atoms with Crippen molar-refractivity contribution in [2.24, 2.45) is 0 Å². The fourth-order valence-electron chi connectivity index (χ4n) is 1.40. The molecule has 0 spiro atoms. The summed E-state index contributed by atoms with van der Waals surface area (Å²) in [5.41, 5.74) is 0.651. The minimum absolute atomic E-state index is 0.337. The molecule has 1 N–H and O–H groups in total. The van der Waals surface area contributed by atoms with E-state index in [2.05, 4.69) is 20.0 Å². The van der Waals surface area contributed by atoms with Crippen molar-refractivity contribution in [1.82, 2.24) is 15.3 Å². The molecule has 0 bridgehead atoms. The van der Waals surface area contributed by atoms with Gasteiger partial charge in [-0.05, 0) is 6.92 Å². The van der Waals surface area contributed by atoms with Crippen LogP contribution in [0, 0.1) is 0 Å². The molecule has 7 nitrogen and oxygen atoms in total. The summed E-state index contributed by atoms with van der Waals surface area (Å²) in [4.78, 5) is 19.2. The number of esters is 1. The van der Waals surface area contributed by atoms with Gasteiger partial charge in [0, 0.05) is 6.54 Å². The monoisotopic (exact) mass is 255 g/mol. The van der Waals surface area contributed by atoms with Crippen molar-refractivity contribution >= 4 is 5.97 Å². The summed E-state index contributed by atoms with van der Waals surface area (Å²) < 4.78 is 14.9. The molecule has 0 saturated carbocycles. The maximum Gasteiger partial charge on any atom is 0.322 e. The number of nitrogens with zero attached hydrogens (tertiary/aromatic N) is 2. The molecular weight excluding hydrogens is 238 g/mol. The highest BCUT2D eigenvalue weighted by Crippen LogP contribution is 2.22. The highest BCUT2D eigenvalue weighted by molar-refractivity contribution is 5.75. The van der Waals surface area contributed by atoms with Crippen LogP contribution in [-0.4, -0.2) is 43.3 Å². The third-order valence-electron chi connectivity index (χ3n) is 2.39. The van der Waals surface area contributed by atoms with E-state index in [-0.39, 0.29) is 5.97 Å². The first-order chi connectivity index (χ1) is 8.63. The van der Waals surface area contributed by atoms with Gasteiger partial charge < -0.3 is 19.5 Å². The van der Waals surface area contributed by atoms with Gasteiger partial charge in [-0.25, -0.2) is 9.97 Å². The summed E-state index contributed by atoms with van der Waals surface area (Å²) in [7, 11) is 4.36. The average Bonchev–Trinajstić information content (AvgIpc) is 2.43. The van der Waals surface area contributed by atoms with Crippen LogP contribution in [0.4, 0.5) is 0 Å². The van der Waals surface area contributed by atoms with Gasteiger partial charge >= 0.3 is 5.97 Å². The minimum Gasteiger partial charge on any atom is -0.481 e. The van der Waals surface area contributed by atoms with Crippen LogP contribution in [-0.2, 0) is 16.1 Å². The number of carbonyl (C=O) groups excluding carboxylic acids is 1. The van der Waals surface area contributed by atoms with Crippen molar-refractivity contribution in [3.05, 3.63) is 11.9 Å². The Morgan fingerprint density at radius 2 is 1.83 bits per heavy atom. The summed E-state index contributed by atoms with van der Waals surface area (Å²) in [6.45, 7) is 2.04. The van der Waals surface area contributed by atoms with Crippen LogP contribution in [0.5, 0.6) is 11.8 Å². The first-order valence-electron chi connectivity index (χ1n) is 5.37. The SMILES string of the molecule is COC(=O)C(C)NCc1c(OC)ncnc1OC. The molecule has 18 heavy (non-hydrogen) atoms. The van der Waals surface area contributed by atoms with Gasteiger partial charge in [0.25, 0.3) is 0 Å². The topological polar surface area (TPSA) is 82.6 Å². The van der Waals surface area contributed by atoms with Crippen molar-refractivity contribution in [3.63, 3.8) is 0 Å². The second-order valence-electron chi connectivity index (χ2n) is 3.50. The lowest BCUT2D eigenvalue weighted by Crippen LogP contribution is -2.34. The van der Waals surface area contributed by atoms with Crippen molar-refractivity contribution < 1.29 is 19.0 Å². The molecule has 0 saturated heterocycles. The Morgan fingerprint density at radius 3 is 2.28 bits per heavy atom. The Labute approximate surface area is 105 Å². The van der Waals surface area contributed by atoms with E-state index in [0.717, 1.165) is 0 Å². The molecule has 0 aliphatic heterocycles. The van der Waals surface area contributed by atoms with E-state index in [1.807, 2.05) is 0 Å². The summed E-state index contributed by atoms with van der Waals surface area (Å²) in [6.07, 6.45) is 1.35. The van der Waals surface area contributed by atoms with Gasteiger partial charge in [-0.15, -0.1) is 0 Å². The van der Waals surface area contributed by atoms with E-state index in [0.29, 0.717) is 23.9 Å². The predicted octanol–water partition coefficient (Wildman–Crippen LogP) is 0.145. The molecule has 7 heteroatoms. The largest absolute Gasteiger partial charge is 0.481 e. The zero-order valence-electron chi connectivity index (χ0n) is 10.9. The van der Waals surface area contributed by atoms with Crippen LogP contribution in [0.3, 0.4) is 0 Å². The lowest BCUT2D eigenvalue weighted by atomic mass is 10.2. The number of rotatable bonds is 6. The molecular formula is C11H17N3O4. The average molecular weight is 255 g/mol. The molecule has 1 unspecified atom stereocenters. The van der Waals surface area contributed by atoms with E-state index >= 15 is 0 Å². The fourth-order valence-corrected chi connectivity index (χ4v) is 1.40. The molecule has 1 aromatic rings. The molecule has 0 radical (unpaired) electrons. The van der Waals surface area contributed by atoms with Gasteiger partial charge in [0.05, 0.1) is 26.9 Å². The number of hydrogen-bond donors (Lipinski definition) is 1. The van der Waals surface area contributed by atoms with Gasteiger partial charge in [0.1, 0.15) is 12.4 Å². The Balaban J connectivity index is 2.80. The van der Waals surface area contributed by atoms with E-state index < -0.39 is 6.04 Å². The molecule has 0 aliphatic carbocycles. The van der Waals surface area contributed by atoms with Crippen LogP contribution in [0.1, 0.15) is 12.5 Å². The fraction of sp³-hybridized carbons (Fsp3) is 0.545. The molecule has 1 heterocycles. The lowest BCUT2D eigenvalue weighted by Gasteiger charge is -2.14. The molecule has 0 aromatic carbocycles. The number of nitrogens with one attached hydrogen (secondary N) is 1. The van der Waals surface area contributed by atoms with Crippen LogP contribution >= 0.6 is 0 Å². The van der Waals surface area contributed by atoms with E-state index in [4.69, 9.17) is 9.47 Å². The standard InChI is InChI=1S/C11H17N3O4/c1-7(11(15)18-4)12-5-8-9(16-2)13-6-14-10(8)17-3/h6-7,12H,5H2,1-4H3. The summed E-state index contributed by atoms with van der Waals surface area (Å²) in [5.74, 6) is 0.475. The first kappa shape index (κ1) is 14.2. The maximum atomic E-state index is 11.3. The van der Waals surface area contributed by atoms with Crippen molar-refractivity contribution in [1.29, 1.82) is 0 Å². The van der Waals surface area contributed by atoms with E-state index in [9.17, 15) is 4.79 Å². The van der Waals surface area contributed by atoms with Crippen LogP contribution < -0.4 is 14.8 Å². The van der Waals surface area contributed by atoms with Crippen molar-refractivity contribution in [2.75, 3.05) is 21.3 Å². The molecule has 1 rings (SSSR count). The van der Waals surface area contributed by atoms with Crippen LogP contribution in [0.2, 0.25) is 0 Å². The van der Waals surface area contributed by atoms with Crippen LogP contribution in [0.15, 0.2) is 6.33 Å². The summed E-state index contributed by atoms with van der Waals surface area (Å²) in [5, 5.41) is 2.98. The number of carbonyl (C=O) groups is 1. The van der Waals surface area contributed by atoms with Gasteiger partial charge in [-0.3, -0.25) is 4.79 Å². The molecule has 1 aromatic heterocycles. The second kappa shape index (κ2) is 6.75. The van der Waals surface area contributed by atoms with E-state index in [1.165, 1.54) is 27.7 Å². The number of aromatic nitrogens is 2. The molecule has 0 fully saturated rings. The molecule has 1 atom stereocenters. The normalized spacial score (nSPS) is 11.8. The highest BCUT2D eigenvalue weighted by Gasteiger charge is 2.17. The zero-order valence-corrected chi connectivity index (χ0v) is 10.9. The third kappa shape index (κ3) is 3.30. The number of methoxy groups -OCH3 is 3. The third-order valence-corrected chi connectivity index (χ3v) is 2.39. The Bertz CT molecular complexity index is 389. The highest BCUT2D eigenvalue weighted by atomic mass is 16.5. The first-order valence-corrected chi connectivity index (χ1v) is 5.37. The second-order valence-corrected chi connectivity index (χ2v) is 3.50. The van der Waals surface area contributed by atoms with Gasteiger partial charge in [0.2, 0.25) is 11.8 Å². The lowest BCUT2D eigenvalue weighted by molar-refractivity contribution is -0.142. The van der Waals surface area contributed by atoms with E-state index in [1.54, 1.807) is 6.92 Å². The van der Waals surface area contributed by atoms with Gasteiger partial charge in [0.15, 0.2) is 0 Å². The smallest absolute Gasteiger partial charge is 0.322 e.